The molecule has 0 spiro atoms. The van der Waals surface area contributed by atoms with Gasteiger partial charge in [-0.2, -0.15) is 0 Å². The van der Waals surface area contributed by atoms with Gasteiger partial charge in [0.25, 0.3) is 0 Å². The summed E-state index contributed by atoms with van der Waals surface area (Å²) in [7, 11) is 0. The van der Waals surface area contributed by atoms with E-state index in [9.17, 15) is 19.5 Å². The lowest BCUT2D eigenvalue weighted by molar-refractivity contribution is -0.132. The highest BCUT2D eigenvalue weighted by Gasteiger charge is 2.24. The number of halogens is 1. The van der Waals surface area contributed by atoms with Crippen molar-refractivity contribution >= 4 is 57.0 Å². The number of allylic oxidation sites excluding steroid dienone is 1. The first-order valence-electron chi connectivity index (χ1n) is 8.75. The molecule has 0 radical (unpaired) electrons. The number of anilines is 1. The molecule has 0 saturated carbocycles. The molecular weight excluding hydrogens is 446 g/mol. The Labute approximate surface area is 185 Å². The van der Waals surface area contributed by atoms with Gasteiger partial charge < -0.3 is 15.2 Å². The van der Waals surface area contributed by atoms with E-state index in [0.717, 1.165) is 23.0 Å². The van der Waals surface area contributed by atoms with Gasteiger partial charge in [0.15, 0.2) is 5.78 Å². The van der Waals surface area contributed by atoms with Crippen molar-refractivity contribution < 1.29 is 24.2 Å². The molecule has 0 aliphatic carbocycles. The minimum atomic E-state index is -1.32. The molecular formula is C21H16ClNO5S2. The second-order valence-electron chi connectivity index (χ2n) is 5.91. The highest BCUT2D eigenvalue weighted by Crippen LogP contribution is 2.37. The zero-order chi connectivity index (χ0) is 21.7. The smallest absolute Gasteiger partial charge is 0.352 e. The summed E-state index contributed by atoms with van der Waals surface area (Å²) in [6, 6.07) is 10.2. The topological polar surface area (TPSA) is 92.7 Å². The Bertz CT molecular complexity index is 1100. The Balaban J connectivity index is 2.01. The minimum Gasteiger partial charge on any atom is -0.477 e. The molecule has 2 aromatic heterocycles. The highest BCUT2D eigenvalue weighted by atomic mass is 35.5. The van der Waals surface area contributed by atoms with E-state index in [2.05, 4.69) is 5.32 Å². The van der Waals surface area contributed by atoms with E-state index in [1.807, 2.05) is 0 Å². The van der Waals surface area contributed by atoms with Crippen molar-refractivity contribution in [3.63, 3.8) is 0 Å². The molecule has 0 saturated heterocycles. The number of ether oxygens (including phenoxy) is 1. The molecule has 6 nitrogen and oxygen atoms in total. The van der Waals surface area contributed by atoms with Gasteiger partial charge in [-0.1, -0.05) is 29.8 Å². The Morgan fingerprint density at radius 2 is 1.90 bits per heavy atom. The maximum Gasteiger partial charge on any atom is 0.352 e. The van der Waals surface area contributed by atoms with Gasteiger partial charge >= 0.3 is 11.9 Å². The third kappa shape index (κ3) is 4.96. The third-order valence-corrected chi connectivity index (χ3v) is 5.98. The summed E-state index contributed by atoms with van der Waals surface area (Å²) in [6.45, 7) is 1.84. The maximum atomic E-state index is 12.6. The second-order valence-corrected chi connectivity index (χ2v) is 8.17. The number of carboxylic acids is 1. The summed E-state index contributed by atoms with van der Waals surface area (Å²) in [5.74, 6) is -2.36. The fraction of sp³-hybridized carbons (Fsp3) is 0.0952. The van der Waals surface area contributed by atoms with Crippen LogP contribution in [-0.4, -0.2) is 29.4 Å². The first-order chi connectivity index (χ1) is 14.4. The Hall–Kier alpha value is -2.94. The predicted molar refractivity (Wildman–Crippen MR) is 119 cm³/mol. The number of hydrogen-bond acceptors (Lipinski definition) is 7. The van der Waals surface area contributed by atoms with Crippen molar-refractivity contribution in [2.75, 3.05) is 11.9 Å². The molecule has 9 heteroatoms. The molecule has 2 heterocycles. The van der Waals surface area contributed by atoms with Crippen molar-refractivity contribution in [1.82, 2.24) is 0 Å². The Kier molecular flexibility index (Phi) is 7.04. The lowest BCUT2D eigenvalue weighted by atomic mass is 10.0. The fourth-order valence-corrected chi connectivity index (χ4v) is 4.32. The number of carbonyl (C=O) groups is 3. The predicted octanol–water partition coefficient (Wildman–Crippen LogP) is 5.57. The number of thiophene rings is 2. The lowest BCUT2D eigenvalue weighted by Gasteiger charge is -2.10. The van der Waals surface area contributed by atoms with Crippen molar-refractivity contribution in [2.45, 2.75) is 6.92 Å². The lowest BCUT2D eigenvalue weighted by Crippen LogP contribution is -2.14. The van der Waals surface area contributed by atoms with E-state index in [-0.39, 0.29) is 22.9 Å². The van der Waals surface area contributed by atoms with Gasteiger partial charge in [-0.25, -0.2) is 9.59 Å². The third-order valence-electron chi connectivity index (χ3n) is 3.94. The van der Waals surface area contributed by atoms with Crippen LogP contribution >= 0.6 is 34.3 Å². The summed E-state index contributed by atoms with van der Waals surface area (Å²) in [5, 5.41) is 16.5. The van der Waals surface area contributed by atoms with Gasteiger partial charge in [0.05, 0.1) is 11.5 Å². The van der Waals surface area contributed by atoms with E-state index in [1.165, 1.54) is 11.3 Å². The Morgan fingerprint density at radius 1 is 1.17 bits per heavy atom. The van der Waals surface area contributed by atoms with Gasteiger partial charge in [-0.05, 0) is 36.1 Å². The monoisotopic (exact) mass is 461 g/mol. The molecule has 154 valence electrons. The summed E-state index contributed by atoms with van der Waals surface area (Å²) in [5.41, 5.74) is 1.15. The first-order valence-corrected chi connectivity index (χ1v) is 10.9. The molecule has 0 amide bonds. The molecule has 1 aromatic carbocycles. The van der Waals surface area contributed by atoms with Crippen LogP contribution in [0.3, 0.4) is 0 Å². The van der Waals surface area contributed by atoms with Gasteiger partial charge in [-0.15, -0.1) is 22.7 Å². The van der Waals surface area contributed by atoms with Crippen LogP contribution in [0.15, 0.2) is 58.9 Å². The normalized spacial score (nSPS) is 11.2. The van der Waals surface area contributed by atoms with E-state index in [0.29, 0.717) is 15.5 Å². The summed E-state index contributed by atoms with van der Waals surface area (Å²) >= 11 is 8.30. The SMILES string of the molecule is CCOC(=O)c1c(-c2ccc(Cl)cc2)csc1NC(=CC(=O)c1cccs1)C(=O)O. The molecule has 0 atom stereocenters. The number of rotatable bonds is 8. The molecule has 3 aromatic rings. The number of aliphatic carboxylic acids is 1. The van der Waals surface area contributed by atoms with Crippen molar-refractivity contribution in [3.05, 3.63) is 74.4 Å². The molecule has 2 N–H and O–H groups in total. The standard InChI is InChI=1S/C21H16ClNO5S2/c1-2-28-21(27)18-14(12-5-7-13(22)8-6-12)11-30-19(18)23-15(20(25)26)10-16(24)17-4-3-9-29-17/h3-11,23H,2H2,1H3,(H,25,26). The number of ketones is 1. The summed E-state index contributed by atoms with van der Waals surface area (Å²) < 4.78 is 5.16. The summed E-state index contributed by atoms with van der Waals surface area (Å²) in [6.07, 6.45) is 1.00. The van der Waals surface area contributed by atoms with Crippen molar-refractivity contribution in [2.24, 2.45) is 0 Å². The van der Waals surface area contributed by atoms with Crippen LogP contribution in [0, 0.1) is 0 Å². The number of benzene rings is 1. The van der Waals surface area contributed by atoms with Crippen LogP contribution in [0.25, 0.3) is 11.1 Å². The van der Waals surface area contributed by atoms with Crippen LogP contribution < -0.4 is 5.32 Å². The quantitative estimate of drug-likeness (QED) is 0.259. The van der Waals surface area contributed by atoms with E-state index in [1.54, 1.807) is 54.1 Å². The Morgan fingerprint density at radius 3 is 2.50 bits per heavy atom. The van der Waals surface area contributed by atoms with Gasteiger partial charge in [-0.3, -0.25) is 4.79 Å². The van der Waals surface area contributed by atoms with E-state index in [4.69, 9.17) is 16.3 Å². The number of esters is 1. The molecule has 0 aliphatic rings. The highest BCUT2D eigenvalue weighted by molar-refractivity contribution is 7.15. The molecule has 30 heavy (non-hydrogen) atoms. The zero-order valence-electron chi connectivity index (χ0n) is 15.7. The molecule has 0 unspecified atom stereocenters. The largest absolute Gasteiger partial charge is 0.477 e. The van der Waals surface area contributed by atoms with Crippen LogP contribution in [0.4, 0.5) is 5.00 Å². The minimum absolute atomic E-state index is 0.159. The van der Waals surface area contributed by atoms with Crippen molar-refractivity contribution in [3.8, 4) is 11.1 Å². The number of hydrogen-bond donors (Lipinski definition) is 2. The molecule has 0 bridgehead atoms. The van der Waals surface area contributed by atoms with E-state index < -0.39 is 17.7 Å². The van der Waals surface area contributed by atoms with Crippen LogP contribution in [0.5, 0.6) is 0 Å². The van der Waals surface area contributed by atoms with Gasteiger partial charge in [0.1, 0.15) is 16.3 Å². The van der Waals surface area contributed by atoms with Crippen LogP contribution in [-0.2, 0) is 9.53 Å². The zero-order valence-corrected chi connectivity index (χ0v) is 18.1. The number of carboxylic acid groups (broad SMARTS) is 1. The first kappa shape index (κ1) is 21.8. The summed E-state index contributed by atoms with van der Waals surface area (Å²) in [4.78, 5) is 37.1. The molecule has 0 aliphatic heterocycles. The van der Waals surface area contributed by atoms with Gasteiger partial charge in [0.2, 0.25) is 0 Å². The number of nitrogens with one attached hydrogen (secondary N) is 1. The fourth-order valence-electron chi connectivity index (χ4n) is 2.59. The molecule has 3 rings (SSSR count). The second kappa shape index (κ2) is 9.71. The van der Waals surface area contributed by atoms with E-state index >= 15 is 0 Å². The number of carbonyl (C=O) groups excluding carboxylic acids is 2. The van der Waals surface area contributed by atoms with Crippen molar-refractivity contribution in [1.29, 1.82) is 0 Å². The maximum absolute atomic E-state index is 12.6. The van der Waals surface area contributed by atoms with Gasteiger partial charge in [0, 0.05) is 22.0 Å². The average molecular weight is 462 g/mol. The van der Waals surface area contributed by atoms with Crippen LogP contribution in [0.1, 0.15) is 27.0 Å². The average Bonchev–Trinajstić information content (AvgIpc) is 3.38. The van der Waals surface area contributed by atoms with Crippen LogP contribution in [0.2, 0.25) is 5.02 Å². The molecule has 0 fully saturated rings.